The molecule has 21 heavy (non-hydrogen) atoms. The molecule has 0 saturated carbocycles. The minimum atomic E-state index is -3.93. The lowest BCUT2D eigenvalue weighted by Crippen LogP contribution is -2.37. The van der Waals surface area contributed by atoms with Crippen LogP contribution in [0.25, 0.3) is 0 Å². The Morgan fingerprint density at radius 2 is 2.05 bits per heavy atom. The molecule has 1 aliphatic heterocycles. The molecule has 0 amide bonds. The number of nitrogens with one attached hydrogen (secondary N) is 1. The number of ether oxygens (including phenoxy) is 1. The van der Waals surface area contributed by atoms with E-state index in [1.165, 1.54) is 0 Å². The summed E-state index contributed by atoms with van der Waals surface area (Å²) in [7, 11) is 0. The maximum atomic E-state index is 11.6. The molecule has 0 aromatic carbocycles. The molecule has 0 bridgehead atoms. The molecule has 0 spiro atoms. The Labute approximate surface area is 122 Å². The Kier molecular flexibility index (Phi) is 4.76. The molecule has 1 aromatic rings. The minimum absolute atomic E-state index is 0.475. The average molecular weight is 340 g/mol. The van der Waals surface area contributed by atoms with Crippen LogP contribution in [0.3, 0.4) is 0 Å². The minimum Gasteiger partial charge on any atom is -0.387 e. The first-order valence-electron chi connectivity index (χ1n) is 5.72. The van der Waals surface area contributed by atoms with E-state index in [4.69, 9.17) is 14.5 Å². The largest absolute Gasteiger partial charge is 0.387 e. The summed E-state index contributed by atoms with van der Waals surface area (Å²) < 4.78 is 10.7. The van der Waals surface area contributed by atoms with Gasteiger partial charge in [0.05, 0.1) is 6.61 Å². The van der Waals surface area contributed by atoms with E-state index in [0.29, 0.717) is 0 Å². The Morgan fingerprint density at radius 1 is 1.38 bits per heavy atom. The molecule has 1 aromatic heterocycles. The Morgan fingerprint density at radius 3 is 2.62 bits per heavy atom. The summed E-state index contributed by atoms with van der Waals surface area (Å²) in [6, 6.07) is 1.05. The van der Waals surface area contributed by atoms with Gasteiger partial charge >= 0.3 is 12.4 Å². The lowest BCUT2D eigenvalue weighted by Gasteiger charge is -2.17. The highest BCUT2D eigenvalue weighted by Gasteiger charge is 2.44. The quantitative estimate of drug-likeness (QED) is 0.371. The number of hydrogen-bond acceptors (Lipinski definition) is 7. The number of aliphatic hydroxyl groups is 2. The van der Waals surface area contributed by atoms with Gasteiger partial charge < -0.3 is 29.3 Å². The monoisotopic (exact) mass is 340 g/mol. The molecule has 12 heteroatoms. The summed E-state index contributed by atoms with van der Waals surface area (Å²) in [5.74, 6) is 0. The van der Waals surface area contributed by atoms with E-state index in [-0.39, 0.29) is 0 Å². The van der Waals surface area contributed by atoms with Crippen molar-refractivity contribution in [1.29, 1.82) is 0 Å². The van der Waals surface area contributed by atoms with E-state index < -0.39 is 49.1 Å². The van der Waals surface area contributed by atoms with Crippen molar-refractivity contribution < 1.29 is 29.3 Å². The standard InChI is InChI=1S/C9H13N2O8PS/c12-5-1-2-11(9(15)10-5)8-7(14)6(13)4(19-8)3-18-20(16,17)21/h1-2,4,6-8,13-14H,3H2,(H,10,12,15)(H2,16,17,21)/t4-,6+,7?,8-/m1/s1. The molecule has 10 nitrogen and oxygen atoms in total. The van der Waals surface area contributed by atoms with Crippen LogP contribution < -0.4 is 11.2 Å². The van der Waals surface area contributed by atoms with Crippen LogP contribution in [0, 0.1) is 0 Å². The van der Waals surface area contributed by atoms with Crippen molar-refractivity contribution in [2.24, 2.45) is 0 Å². The van der Waals surface area contributed by atoms with Crippen molar-refractivity contribution in [2.75, 3.05) is 6.61 Å². The molecule has 1 aliphatic rings. The van der Waals surface area contributed by atoms with Gasteiger partial charge in [-0.1, -0.05) is 0 Å². The fraction of sp³-hybridized carbons (Fsp3) is 0.556. The summed E-state index contributed by atoms with van der Waals surface area (Å²) in [6.45, 7) is -4.40. The highest BCUT2D eigenvalue weighted by Crippen LogP contribution is 2.38. The molecule has 1 saturated heterocycles. The number of rotatable bonds is 4. The van der Waals surface area contributed by atoms with E-state index in [9.17, 15) is 19.8 Å². The van der Waals surface area contributed by atoms with Crippen molar-refractivity contribution in [3.63, 3.8) is 0 Å². The zero-order valence-corrected chi connectivity index (χ0v) is 12.1. The average Bonchev–Trinajstić information content (AvgIpc) is 2.64. The van der Waals surface area contributed by atoms with Crippen molar-refractivity contribution in [2.45, 2.75) is 24.5 Å². The van der Waals surface area contributed by atoms with Crippen LogP contribution >= 0.6 is 6.72 Å². The molecule has 0 aliphatic carbocycles. The highest BCUT2D eigenvalue weighted by molar-refractivity contribution is 8.06. The van der Waals surface area contributed by atoms with Crippen molar-refractivity contribution in [3.05, 3.63) is 33.1 Å². The topological polar surface area (TPSA) is 154 Å². The second kappa shape index (κ2) is 6.07. The van der Waals surface area contributed by atoms with Crippen LogP contribution in [0.2, 0.25) is 0 Å². The van der Waals surface area contributed by atoms with E-state index in [2.05, 4.69) is 16.3 Å². The summed E-state index contributed by atoms with van der Waals surface area (Å²) in [4.78, 5) is 42.5. The molecule has 1 unspecified atom stereocenters. The van der Waals surface area contributed by atoms with E-state index in [1.807, 2.05) is 4.98 Å². The van der Waals surface area contributed by atoms with Crippen molar-refractivity contribution in [1.82, 2.24) is 9.55 Å². The summed E-state index contributed by atoms with van der Waals surface area (Å²) in [5.41, 5.74) is -1.44. The lowest BCUT2D eigenvalue weighted by molar-refractivity contribution is -0.0527. The molecule has 118 valence electrons. The van der Waals surface area contributed by atoms with Gasteiger partial charge in [-0.25, -0.2) is 4.79 Å². The third-order valence-corrected chi connectivity index (χ3v) is 3.67. The van der Waals surface area contributed by atoms with Gasteiger partial charge in [-0.05, 0) is 11.8 Å². The number of H-pyrrole nitrogens is 1. The Bertz CT molecular complexity index is 668. The van der Waals surface area contributed by atoms with Crippen LogP contribution in [0.5, 0.6) is 0 Å². The van der Waals surface area contributed by atoms with Crippen LogP contribution in [0.1, 0.15) is 6.23 Å². The van der Waals surface area contributed by atoms with Crippen molar-refractivity contribution >= 4 is 18.5 Å². The van der Waals surface area contributed by atoms with Gasteiger partial charge in [0.15, 0.2) is 6.23 Å². The molecule has 2 heterocycles. The van der Waals surface area contributed by atoms with Gasteiger partial charge in [0.2, 0.25) is 0 Å². The summed E-state index contributed by atoms with van der Waals surface area (Å²) in [6.07, 6.45) is -4.18. The van der Waals surface area contributed by atoms with Crippen LogP contribution in [0.15, 0.2) is 21.9 Å². The molecular weight excluding hydrogens is 327 g/mol. The Hall–Kier alpha value is -0.910. The predicted molar refractivity (Wildman–Crippen MR) is 71.9 cm³/mol. The van der Waals surface area contributed by atoms with Gasteiger partial charge in [-0.3, -0.25) is 14.3 Å². The maximum absolute atomic E-state index is 11.6. The van der Waals surface area contributed by atoms with E-state index >= 15 is 0 Å². The maximum Gasteiger partial charge on any atom is 0.330 e. The summed E-state index contributed by atoms with van der Waals surface area (Å²) >= 11 is 4.25. The third-order valence-electron chi connectivity index (χ3n) is 2.87. The zero-order chi connectivity index (χ0) is 15.8. The number of aromatic amines is 1. The SMILES string of the molecule is O=c1ccn([C@@H]2O[C@H](COP(O)(O)=S)[C@H](O)C2O)c(=O)[nH]1. The van der Waals surface area contributed by atoms with Gasteiger partial charge in [-0.15, -0.1) is 0 Å². The molecule has 2 rings (SSSR count). The number of aromatic nitrogens is 2. The van der Waals surface area contributed by atoms with Gasteiger partial charge in [0.25, 0.3) is 5.56 Å². The first-order chi connectivity index (χ1) is 9.69. The van der Waals surface area contributed by atoms with E-state index in [1.54, 1.807) is 0 Å². The smallest absolute Gasteiger partial charge is 0.330 e. The lowest BCUT2D eigenvalue weighted by atomic mass is 10.1. The molecule has 4 atom stereocenters. The van der Waals surface area contributed by atoms with Crippen LogP contribution in [0.4, 0.5) is 0 Å². The first kappa shape index (κ1) is 16.5. The molecular formula is C9H13N2O8PS. The summed E-state index contributed by atoms with van der Waals surface area (Å²) in [5, 5.41) is 19.7. The highest BCUT2D eigenvalue weighted by atomic mass is 32.5. The van der Waals surface area contributed by atoms with Crippen molar-refractivity contribution in [3.8, 4) is 0 Å². The number of hydrogen-bond donors (Lipinski definition) is 5. The second-order valence-electron chi connectivity index (χ2n) is 4.35. The van der Waals surface area contributed by atoms with Crippen LogP contribution in [-0.4, -0.2) is 54.5 Å². The number of nitrogens with zero attached hydrogens (tertiary/aromatic N) is 1. The van der Waals surface area contributed by atoms with Crippen LogP contribution in [-0.2, 0) is 21.1 Å². The third kappa shape index (κ3) is 3.84. The predicted octanol–water partition coefficient (Wildman–Crippen LogP) is -2.62. The fourth-order valence-corrected chi connectivity index (χ4v) is 2.42. The number of aliphatic hydroxyl groups excluding tert-OH is 2. The van der Waals surface area contributed by atoms with Gasteiger partial charge in [0, 0.05) is 12.3 Å². The van der Waals surface area contributed by atoms with Gasteiger partial charge in [0.1, 0.15) is 18.3 Å². The Balaban J connectivity index is 2.18. The fourth-order valence-electron chi connectivity index (χ4n) is 1.89. The molecule has 1 fully saturated rings. The molecule has 5 N–H and O–H groups in total. The second-order valence-corrected chi connectivity index (χ2v) is 7.02. The zero-order valence-electron chi connectivity index (χ0n) is 10.4. The normalized spacial score (nSPS) is 29.7. The molecule has 0 radical (unpaired) electrons. The van der Waals surface area contributed by atoms with Gasteiger partial charge in [-0.2, -0.15) is 0 Å². The van der Waals surface area contributed by atoms with E-state index in [0.717, 1.165) is 16.8 Å². The first-order valence-corrected chi connectivity index (χ1v) is 8.35.